The highest BCUT2D eigenvalue weighted by Gasteiger charge is 2.38. The third-order valence-electron chi connectivity index (χ3n) is 5.68. The number of carboxylic acids is 1. The molecule has 1 amide bonds. The van der Waals surface area contributed by atoms with Crippen LogP contribution in [0.15, 0.2) is 54.9 Å². The quantitative estimate of drug-likeness (QED) is 0.586. The molecule has 0 aliphatic carbocycles. The van der Waals surface area contributed by atoms with E-state index >= 15 is 0 Å². The molecule has 2 aromatic carbocycles. The van der Waals surface area contributed by atoms with Gasteiger partial charge in [0.25, 0.3) is 0 Å². The minimum Gasteiger partial charge on any atom is -0.475 e. The second-order valence-corrected chi connectivity index (χ2v) is 7.96. The number of nitrogens with zero attached hydrogens (tertiary/aromatic N) is 4. The summed E-state index contributed by atoms with van der Waals surface area (Å²) in [7, 11) is 0. The largest absolute Gasteiger partial charge is 0.490 e. The third kappa shape index (κ3) is 6.33. The van der Waals surface area contributed by atoms with Gasteiger partial charge in [0.1, 0.15) is 6.33 Å². The molecule has 1 fully saturated rings. The molecule has 0 bridgehead atoms. The maximum absolute atomic E-state index is 11.3. The number of imidazole rings is 1. The number of aliphatic carboxylic acids is 1. The number of piperazine rings is 1. The van der Waals surface area contributed by atoms with E-state index in [0.717, 1.165) is 49.4 Å². The van der Waals surface area contributed by atoms with Gasteiger partial charge < -0.3 is 10.8 Å². The highest BCUT2D eigenvalue weighted by molar-refractivity contribution is 5.79. The summed E-state index contributed by atoms with van der Waals surface area (Å²) in [4.78, 5) is 29.3. The average Bonchev–Trinajstić information content (AvgIpc) is 3.23. The zero-order chi connectivity index (χ0) is 24.9. The van der Waals surface area contributed by atoms with Crippen molar-refractivity contribution in [2.24, 2.45) is 5.73 Å². The van der Waals surface area contributed by atoms with Crippen LogP contribution in [0, 0.1) is 0 Å². The Morgan fingerprint density at radius 1 is 1.06 bits per heavy atom. The molecule has 0 saturated carbocycles. The van der Waals surface area contributed by atoms with E-state index in [-0.39, 0.29) is 11.9 Å². The zero-order valence-electron chi connectivity index (χ0n) is 18.6. The van der Waals surface area contributed by atoms with Gasteiger partial charge in [-0.15, -0.1) is 0 Å². The first kappa shape index (κ1) is 25.2. The van der Waals surface area contributed by atoms with Crippen LogP contribution in [0.5, 0.6) is 0 Å². The van der Waals surface area contributed by atoms with Crippen molar-refractivity contribution in [3.63, 3.8) is 0 Å². The van der Waals surface area contributed by atoms with Crippen LogP contribution < -0.4 is 5.73 Å². The fraction of sp³-hybridized carbons (Fsp3) is 0.348. The van der Waals surface area contributed by atoms with Crippen LogP contribution in [0.2, 0.25) is 0 Å². The van der Waals surface area contributed by atoms with Crippen molar-refractivity contribution >= 4 is 22.9 Å². The van der Waals surface area contributed by atoms with Crippen LogP contribution in [0.3, 0.4) is 0 Å². The van der Waals surface area contributed by atoms with Gasteiger partial charge in [0.15, 0.2) is 0 Å². The van der Waals surface area contributed by atoms with E-state index in [1.165, 1.54) is 5.56 Å². The number of amides is 1. The Labute approximate surface area is 194 Å². The topological polar surface area (TPSA) is 105 Å². The predicted octanol–water partition coefficient (Wildman–Crippen LogP) is 2.65. The van der Waals surface area contributed by atoms with E-state index < -0.39 is 12.1 Å². The Morgan fingerprint density at radius 3 is 2.21 bits per heavy atom. The predicted molar refractivity (Wildman–Crippen MR) is 120 cm³/mol. The van der Waals surface area contributed by atoms with Gasteiger partial charge in [0, 0.05) is 38.4 Å². The maximum atomic E-state index is 11.3. The molecule has 1 atom stereocenters. The number of rotatable bonds is 5. The minimum atomic E-state index is -5.08. The summed E-state index contributed by atoms with van der Waals surface area (Å²) in [5, 5.41) is 7.12. The molecule has 1 saturated heterocycles. The van der Waals surface area contributed by atoms with E-state index in [4.69, 9.17) is 15.6 Å². The highest BCUT2D eigenvalue weighted by atomic mass is 19.4. The second-order valence-electron chi connectivity index (χ2n) is 7.96. The molecule has 8 nitrogen and oxygen atoms in total. The molecule has 4 rings (SSSR count). The van der Waals surface area contributed by atoms with Gasteiger partial charge in [-0.05, 0) is 36.8 Å². The van der Waals surface area contributed by atoms with Crippen LogP contribution in [-0.2, 0) is 16.1 Å². The van der Waals surface area contributed by atoms with Crippen LogP contribution in [0.25, 0.3) is 16.7 Å². The number of primary amides is 1. The Morgan fingerprint density at radius 2 is 1.65 bits per heavy atom. The number of alkyl halides is 3. The molecular weight excluding hydrogens is 451 g/mol. The summed E-state index contributed by atoms with van der Waals surface area (Å²) in [6, 6.07) is 16.6. The van der Waals surface area contributed by atoms with Crippen molar-refractivity contribution in [3.05, 3.63) is 60.4 Å². The van der Waals surface area contributed by atoms with Gasteiger partial charge in [-0.2, -0.15) is 13.2 Å². The van der Waals surface area contributed by atoms with Gasteiger partial charge >= 0.3 is 12.1 Å². The van der Waals surface area contributed by atoms with E-state index in [9.17, 15) is 18.0 Å². The number of carbonyl (C=O) groups is 2. The molecule has 1 unspecified atom stereocenters. The number of para-hydroxylation sites is 2. The van der Waals surface area contributed by atoms with Gasteiger partial charge in [0.2, 0.25) is 5.91 Å². The smallest absolute Gasteiger partial charge is 0.475 e. The minimum absolute atomic E-state index is 0.184. The van der Waals surface area contributed by atoms with Crippen molar-refractivity contribution in [2.75, 3.05) is 26.2 Å². The second kappa shape index (κ2) is 10.7. The first-order valence-electron chi connectivity index (χ1n) is 10.6. The van der Waals surface area contributed by atoms with Crippen LogP contribution >= 0.6 is 0 Å². The first-order chi connectivity index (χ1) is 16.1. The van der Waals surface area contributed by atoms with E-state index in [1.54, 1.807) is 0 Å². The van der Waals surface area contributed by atoms with Crippen LogP contribution in [-0.4, -0.2) is 74.7 Å². The van der Waals surface area contributed by atoms with Crippen LogP contribution in [0.1, 0.15) is 12.5 Å². The van der Waals surface area contributed by atoms with Gasteiger partial charge in [0.05, 0.1) is 17.1 Å². The van der Waals surface area contributed by atoms with Crippen LogP contribution in [0.4, 0.5) is 13.2 Å². The Balaban J connectivity index is 0.000000406. The number of carboxylic acid groups (broad SMARTS) is 1. The molecule has 0 spiro atoms. The van der Waals surface area contributed by atoms with Crippen molar-refractivity contribution in [3.8, 4) is 5.69 Å². The lowest BCUT2D eigenvalue weighted by Crippen LogP contribution is -2.52. The average molecular weight is 477 g/mol. The highest BCUT2D eigenvalue weighted by Crippen LogP contribution is 2.19. The lowest BCUT2D eigenvalue weighted by atomic mass is 10.1. The number of aromatic nitrogens is 2. The lowest BCUT2D eigenvalue weighted by molar-refractivity contribution is -0.192. The summed E-state index contributed by atoms with van der Waals surface area (Å²) in [6.45, 7) is 6.46. The zero-order valence-corrected chi connectivity index (χ0v) is 18.6. The molecule has 1 aliphatic heterocycles. The number of fused-ring (bicyclic) bond motifs is 1. The molecule has 11 heteroatoms. The molecule has 182 valence electrons. The van der Waals surface area contributed by atoms with E-state index in [0.29, 0.717) is 0 Å². The monoisotopic (exact) mass is 477 g/mol. The summed E-state index contributed by atoms with van der Waals surface area (Å²) in [5.74, 6) is -3.00. The number of hydrogen-bond donors (Lipinski definition) is 2. The number of nitrogens with two attached hydrogens (primary N) is 1. The molecule has 34 heavy (non-hydrogen) atoms. The van der Waals surface area contributed by atoms with E-state index in [2.05, 4.69) is 49.7 Å². The standard InChI is InChI=1S/C21H25N5O.C2HF3O2/c1-16(21(22)27)25-12-10-24(11-13-25)14-17-6-8-18(9-7-17)26-15-23-19-4-2-3-5-20(19)26;3-2(4,5)1(6)7/h2-9,15-16H,10-14H2,1H3,(H2,22,27);(H,6,7). The molecule has 1 aromatic heterocycles. The summed E-state index contributed by atoms with van der Waals surface area (Å²) in [5.41, 5.74) is 9.94. The molecular formula is C23H26F3N5O3. The van der Waals surface area contributed by atoms with Gasteiger partial charge in [-0.3, -0.25) is 19.2 Å². The first-order valence-corrected chi connectivity index (χ1v) is 10.6. The Kier molecular flexibility index (Phi) is 7.90. The van der Waals surface area contributed by atoms with Crippen molar-refractivity contribution in [1.29, 1.82) is 0 Å². The Hall–Kier alpha value is -3.44. The molecule has 3 aromatic rings. The molecule has 0 radical (unpaired) electrons. The van der Waals surface area contributed by atoms with Gasteiger partial charge in [-0.1, -0.05) is 24.3 Å². The number of hydrogen-bond acceptors (Lipinski definition) is 5. The summed E-state index contributed by atoms with van der Waals surface area (Å²) in [6.07, 6.45) is -3.21. The summed E-state index contributed by atoms with van der Waals surface area (Å²) >= 11 is 0. The third-order valence-corrected chi connectivity index (χ3v) is 5.68. The van der Waals surface area contributed by atoms with Crippen molar-refractivity contribution in [2.45, 2.75) is 25.7 Å². The van der Waals surface area contributed by atoms with Crippen molar-refractivity contribution < 1.29 is 27.9 Å². The van der Waals surface area contributed by atoms with E-state index in [1.807, 2.05) is 31.5 Å². The fourth-order valence-corrected chi connectivity index (χ4v) is 3.67. The van der Waals surface area contributed by atoms with Crippen molar-refractivity contribution in [1.82, 2.24) is 19.4 Å². The summed E-state index contributed by atoms with van der Waals surface area (Å²) < 4.78 is 33.9. The maximum Gasteiger partial charge on any atom is 0.490 e. The normalized spacial score (nSPS) is 16.0. The SMILES string of the molecule is CC(C(N)=O)N1CCN(Cc2ccc(-n3cnc4ccccc43)cc2)CC1.O=C(O)C(F)(F)F. The number of benzene rings is 2. The van der Waals surface area contributed by atoms with Gasteiger partial charge in [-0.25, -0.2) is 9.78 Å². The number of carbonyl (C=O) groups excluding carboxylic acids is 1. The molecule has 3 N–H and O–H groups in total. The molecule has 2 heterocycles. The fourth-order valence-electron chi connectivity index (χ4n) is 3.67. The lowest BCUT2D eigenvalue weighted by Gasteiger charge is -2.36. The number of halogens is 3. The Bertz CT molecular complexity index is 1120. The molecule has 1 aliphatic rings.